The molecule has 2 aromatic rings. The minimum Gasteiger partial charge on any atom is -0.497 e. The molecule has 0 atom stereocenters. The maximum Gasteiger partial charge on any atom is 0.128 e. The number of ether oxygens (including phenoxy) is 1. The van der Waals surface area contributed by atoms with E-state index in [0.717, 1.165) is 36.9 Å². The molecule has 4 nitrogen and oxygen atoms in total. The molecule has 0 aliphatic carbocycles. The molecule has 1 heterocycles. The van der Waals surface area contributed by atoms with Gasteiger partial charge in [-0.1, -0.05) is 18.2 Å². The number of anilines is 2. The van der Waals surface area contributed by atoms with Gasteiger partial charge in [0, 0.05) is 13.1 Å². The molecule has 0 aliphatic heterocycles. The first kappa shape index (κ1) is 14.2. The smallest absolute Gasteiger partial charge is 0.128 e. The molecule has 0 radical (unpaired) electrons. The average Bonchev–Trinajstić information content (AvgIpc) is 2.48. The zero-order valence-electron chi connectivity index (χ0n) is 12.0. The molecule has 4 heteroatoms. The van der Waals surface area contributed by atoms with Crippen LogP contribution in [0.2, 0.25) is 0 Å². The van der Waals surface area contributed by atoms with E-state index in [2.05, 4.69) is 34.7 Å². The van der Waals surface area contributed by atoms with Crippen molar-refractivity contribution in [2.24, 2.45) is 0 Å². The number of pyridine rings is 1. The highest BCUT2D eigenvalue weighted by atomic mass is 16.5. The molecule has 1 aromatic heterocycles. The first-order chi connectivity index (χ1) is 9.81. The van der Waals surface area contributed by atoms with E-state index in [-0.39, 0.29) is 0 Å². The lowest BCUT2D eigenvalue weighted by molar-refractivity contribution is 0.414. The summed E-state index contributed by atoms with van der Waals surface area (Å²) in [5.74, 6) is 2.69. The molecule has 0 fully saturated rings. The number of aromatic nitrogens is 1. The van der Waals surface area contributed by atoms with Gasteiger partial charge in [-0.15, -0.1) is 0 Å². The van der Waals surface area contributed by atoms with Gasteiger partial charge in [-0.05, 0) is 43.2 Å². The van der Waals surface area contributed by atoms with Crippen LogP contribution in [0.15, 0.2) is 42.5 Å². The Morgan fingerprint density at radius 2 is 1.80 bits per heavy atom. The summed E-state index contributed by atoms with van der Waals surface area (Å²) >= 11 is 0. The fourth-order valence-corrected chi connectivity index (χ4v) is 1.98. The number of benzene rings is 1. The Balaban J connectivity index is 1.87. The van der Waals surface area contributed by atoms with Crippen LogP contribution in [0.25, 0.3) is 0 Å². The van der Waals surface area contributed by atoms with Crippen LogP contribution >= 0.6 is 0 Å². The van der Waals surface area contributed by atoms with Crippen LogP contribution in [0.1, 0.15) is 12.5 Å². The van der Waals surface area contributed by atoms with Crippen molar-refractivity contribution >= 4 is 11.6 Å². The van der Waals surface area contributed by atoms with E-state index in [1.807, 2.05) is 30.3 Å². The second kappa shape index (κ2) is 7.38. The van der Waals surface area contributed by atoms with Gasteiger partial charge in [-0.3, -0.25) is 0 Å². The van der Waals surface area contributed by atoms with Crippen molar-refractivity contribution in [2.75, 3.05) is 30.8 Å². The largest absolute Gasteiger partial charge is 0.497 e. The van der Waals surface area contributed by atoms with Crippen LogP contribution in [-0.2, 0) is 6.42 Å². The van der Waals surface area contributed by atoms with Gasteiger partial charge >= 0.3 is 0 Å². The Hall–Kier alpha value is -2.23. The van der Waals surface area contributed by atoms with Gasteiger partial charge in [-0.2, -0.15) is 0 Å². The standard InChI is InChI=1S/C16H21N3O/c1-3-17-15-8-5-9-16(19-15)18-11-10-13-6-4-7-14(12-13)20-2/h4-9,12H,3,10-11H2,1-2H3,(H2,17,18,19). The van der Waals surface area contributed by atoms with Crippen molar-refractivity contribution in [2.45, 2.75) is 13.3 Å². The summed E-state index contributed by atoms with van der Waals surface area (Å²) in [5.41, 5.74) is 1.25. The van der Waals surface area contributed by atoms with Crippen molar-refractivity contribution in [3.8, 4) is 5.75 Å². The van der Waals surface area contributed by atoms with Crippen LogP contribution in [0.4, 0.5) is 11.6 Å². The van der Waals surface area contributed by atoms with E-state index in [4.69, 9.17) is 4.74 Å². The Morgan fingerprint density at radius 3 is 2.55 bits per heavy atom. The van der Waals surface area contributed by atoms with E-state index in [1.165, 1.54) is 5.56 Å². The molecular weight excluding hydrogens is 250 g/mol. The summed E-state index contributed by atoms with van der Waals surface area (Å²) in [5, 5.41) is 6.54. The Bertz CT molecular complexity index is 543. The lowest BCUT2D eigenvalue weighted by Crippen LogP contribution is -2.07. The number of methoxy groups -OCH3 is 1. The molecule has 2 N–H and O–H groups in total. The predicted molar refractivity (Wildman–Crippen MR) is 83.6 cm³/mol. The van der Waals surface area contributed by atoms with Gasteiger partial charge in [-0.25, -0.2) is 4.98 Å². The van der Waals surface area contributed by atoms with Crippen molar-refractivity contribution in [1.82, 2.24) is 4.98 Å². The zero-order chi connectivity index (χ0) is 14.2. The summed E-state index contributed by atoms with van der Waals surface area (Å²) in [4.78, 5) is 4.48. The highest BCUT2D eigenvalue weighted by Gasteiger charge is 1.98. The molecule has 106 valence electrons. The van der Waals surface area contributed by atoms with Gasteiger partial charge < -0.3 is 15.4 Å². The first-order valence-corrected chi connectivity index (χ1v) is 6.89. The summed E-state index contributed by atoms with van der Waals surface area (Å²) in [7, 11) is 1.69. The summed E-state index contributed by atoms with van der Waals surface area (Å²) < 4.78 is 5.22. The number of nitrogens with zero attached hydrogens (tertiary/aromatic N) is 1. The molecule has 0 aliphatic rings. The number of hydrogen-bond acceptors (Lipinski definition) is 4. The number of rotatable bonds is 7. The molecule has 0 spiro atoms. The maximum absolute atomic E-state index is 5.22. The summed E-state index contributed by atoms with van der Waals surface area (Å²) in [6.07, 6.45) is 0.935. The number of hydrogen-bond donors (Lipinski definition) is 2. The number of nitrogens with one attached hydrogen (secondary N) is 2. The van der Waals surface area contributed by atoms with Crippen molar-refractivity contribution in [3.05, 3.63) is 48.0 Å². The van der Waals surface area contributed by atoms with Crippen molar-refractivity contribution < 1.29 is 4.74 Å². The molecule has 0 bridgehead atoms. The van der Waals surface area contributed by atoms with Gasteiger partial charge in [0.15, 0.2) is 0 Å². The molecule has 0 saturated carbocycles. The second-order valence-corrected chi connectivity index (χ2v) is 4.47. The van der Waals surface area contributed by atoms with Crippen LogP contribution in [0.5, 0.6) is 5.75 Å². The van der Waals surface area contributed by atoms with E-state index in [9.17, 15) is 0 Å². The molecule has 1 aromatic carbocycles. The van der Waals surface area contributed by atoms with Gasteiger partial charge in [0.1, 0.15) is 17.4 Å². The molecule has 0 amide bonds. The van der Waals surface area contributed by atoms with E-state index >= 15 is 0 Å². The lowest BCUT2D eigenvalue weighted by Gasteiger charge is -2.08. The minimum absolute atomic E-state index is 0.843. The van der Waals surface area contributed by atoms with Gasteiger partial charge in [0.2, 0.25) is 0 Å². The molecular formula is C16H21N3O. The minimum atomic E-state index is 0.843. The second-order valence-electron chi connectivity index (χ2n) is 4.47. The third kappa shape index (κ3) is 4.16. The topological polar surface area (TPSA) is 46.2 Å². The van der Waals surface area contributed by atoms with Gasteiger partial charge in [0.05, 0.1) is 7.11 Å². The van der Waals surface area contributed by atoms with Crippen molar-refractivity contribution in [1.29, 1.82) is 0 Å². The average molecular weight is 271 g/mol. The highest BCUT2D eigenvalue weighted by Crippen LogP contribution is 2.13. The summed E-state index contributed by atoms with van der Waals surface area (Å²) in [6, 6.07) is 14.1. The first-order valence-electron chi connectivity index (χ1n) is 6.89. The predicted octanol–water partition coefficient (Wildman–Crippen LogP) is 3.18. The third-order valence-electron chi connectivity index (χ3n) is 2.96. The molecule has 2 rings (SSSR count). The van der Waals surface area contributed by atoms with Crippen LogP contribution in [0.3, 0.4) is 0 Å². The molecule has 0 saturated heterocycles. The zero-order valence-corrected chi connectivity index (χ0v) is 12.0. The van der Waals surface area contributed by atoms with E-state index in [0.29, 0.717) is 0 Å². The van der Waals surface area contributed by atoms with E-state index in [1.54, 1.807) is 7.11 Å². The van der Waals surface area contributed by atoms with Crippen LogP contribution < -0.4 is 15.4 Å². The quantitative estimate of drug-likeness (QED) is 0.812. The molecule has 20 heavy (non-hydrogen) atoms. The normalized spacial score (nSPS) is 10.1. The Kier molecular flexibility index (Phi) is 5.24. The SMILES string of the molecule is CCNc1cccc(NCCc2cccc(OC)c2)n1. The van der Waals surface area contributed by atoms with E-state index < -0.39 is 0 Å². The lowest BCUT2D eigenvalue weighted by atomic mass is 10.1. The fraction of sp³-hybridized carbons (Fsp3) is 0.312. The Morgan fingerprint density at radius 1 is 1.05 bits per heavy atom. The van der Waals surface area contributed by atoms with Crippen LogP contribution in [-0.4, -0.2) is 25.2 Å². The van der Waals surface area contributed by atoms with Gasteiger partial charge in [0.25, 0.3) is 0 Å². The summed E-state index contributed by atoms with van der Waals surface area (Å²) in [6.45, 7) is 3.78. The fourth-order valence-electron chi connectivity index (χ4n) is 1.98. The Labute approximate surface area is 120 Å². The highest BCUT2D eigenvalue weighted by molar-refractivity contribution is 5.45. The maximum atomic E-state index is 5.22. The third-order valence-corrected chi connectivity index (χ3v) is 2.96. The monoisotopic (exact) mass is 271 g/mol. The molecule has 0 unspecified atom stereocenters. The van der Waals surface area contributed by atoms with Crippen molar-refractivity contribution in [3.63, 3.8) is 0 Å². The van der Waals surface area contributed by atoms with Crippen LogP contribution in [0, 0.1) is 0 Å².